The lowest BCUT2D eigenvalue weighted by atomic mass is 9.63. The van der Waals surface area contributed by atoms with Gasteiger partial charge >= 0.3 is 0 Å². The summed E-state index contributed by atoms with van der Waals surface area (Å²) in [6, 6.07) is 10.5. The average Bonchev–Trinajstić information content (AvgIpc) is 2.30. The van der Waals surface area contributed by atoms with Crippen LogP contribution in [0, 0.1) is 5.41 Å². The molecular formula is C15H22O. The Morgan fingerprint density at radius 1 is 1.12 bits per heavy atom. The zero-order chi connectivity index (χ0) is 11.4. The summed E-state index contributed by atoms with van der Waals surface area (Å²) < 4.78 is 5.92. The summed E-state index contributed by atoms with van der Waals surface area (Å²) in [6.45, 7) is 5.38. The maximum absolute atomic E-state index is 5.92. The Balaban J connectivity index is 1.74. The van der Waals surface area contributed by atoms with Crippen LogP contribution in [-0.2, 0) is 11.3 Å². The molecule has 1 aromatic carbocycles. The molecule has 1 saturated carbocycles. The topological polar surface area (TPSA) is 9.23 Å². The first-order valence-corrected chi connectivity index (χ1v) is 6.43. The number of hydrogen-bond acceptors (Lipinski definition) is 1. The summed E-state index contributed by atoms with van der Waals surface area (Å²) in [6.07, 6.45) is 5.61. The summed E-state index contributed by atoms with van der Waals surface area (Å²) >= 11 is 0. The van der Waals surface area contributed by atoms with E-state index >= 15 is 0 Å². The Labute approximate surface area is 98.8 Å². The van der Waals surface area contributed by atoms with Crippen LogP contribution in [0.2, 0.25) is 0 Å². The lowest BCUT2D eigenvalue weighted by molar-refractivity contribution is -0.0918. The molecule has 1 aliphatic carbocycles. The highest BCUT2D eigenvalue weighted by molar-refractivity contribution is 5.13. The third-order valence-electron chi connectivity index (χ3n) is 4.15. The highest BCUT2D eigenvalue weighted by atomic mass is 16.5. The van der Waals surface area contributed by atoms with Gasteiger partial charge in [0.15, 0.2) is 0 Å². The molecule has 0 aromatic heterocycles. The van der Waals surface area contributed by atoms with Crippen molar-refractivity contribution in [3.05, 3.63) is 35.9 Å². The summed E-state index contributed by atoms with van der Waals surface area (Å²) in [5.74, 6) is 0. The molecule has 0 heterocycles. The number of rotatable bonds is 5. The van der Waals surface area contributed by atoms with E-state index < -0.39 is 0 Å². The molecule has 1 aliphatic rings. The number of hydrogen-bond donors (Lipinski definition) is 0. The maximum Gasteiger partial charge on any atom is 0.0720 e. The Bertz CT molecular complexity index is 305. The lowest BCUT2D eigenvalue weighted by Crippen LogP contribution is -2.41. The lowest BCUT2D eigenvalue weighted by Gasteiger charge is -2.46. The largest absolute Gasteiger partial charge is 0.374 e. The van der Waals surface area contributed by atoms with E-state index in [1.54, 1.807) is 0 Å². The van der Waals surface area contributed by atoms with E-state index in [1.807, 2.05) is 6.07 Å². The summed E-state index contributed by atoms with van der Waals surface area (Å²) in [5, 5.41) is 0. The second-order valence-corrected chi connectivity index (χ2v) is 5.03. The van der Waals surface area contributed by atoms with Gasteiger partial charge in [0.05, 0.1) is 12.7 Å². The summed E-state index contributed by atoms with van der Waals surface area (Å²) in [7, 11) is 0. The molecule has 0 bridgehead atoms. The fourth-order valence-corrected chi connectivity index (χ4v) is 2.64. The molecule has 0 unspecified atom stereocenters. The van der Waals surface area contributed by atoms with E-state index in [0.29, 0.717) is 11.5 Å². The van der Waals surface area contributed by atoms with Crippen LogP contribution in [0.4, 0.5) is 0 Å². The van der Waals surface area contributed by atoms with Crippen LogP contribution in [0.15, 0.2) is 30.3 Å². The van der Waals surface area contributed by atoms with Gasteiger partial charge in [-0.25, -0.2) is 0 Å². The third kappa shape index (κ3) is 2.46. The number of benzene rings is 1. The van der Waals surface area contributed by atoms with E-state index in [1.165, 1.54) is 31.2 Å². The van der Waals surface area contributed by atoms with Crippen molar-refractivity contribution in [2.45, 2.75) is 52.2 Å². The van der Waals surface area contributed by atoms with Crippen LogP contribution in [0.3, 0.4) is 0 Å². The Kier molecular flexibility index (Phi) is 3.65. The zero-order valence-corrected chi connectivity index (χ0v) is 10.4. The van der Waals surface area contributed by atoms with Crippen molar-refractivity contribution in [2.24, 2.45) is 5.41 Å². The molecule has 88 valence electrons. The van der Waals surface area contributed by atoms with Crippen LogP contribution in [0.5, 0.6) is 0 Å². The second-order valence-electron chi connectivity index (χ2n) is 5.03. The molecule has 0 aliphatic heterocycles. The van der Waals surface area contributed by atoms with Gasteiger partial charge in [-0.15, -0.1) is 0 Å². The Hall–Kier alpha value is -0.820. The van der Waals surface area contributed by atoms with Gasteiger partial charge in [0.1, 0.15) is 0 Å². The SMILES string of the molecule is CCC1(CC)CC(OCc2ccccc2)C1. The van der Waals surface area contributed by atoms with Gasteiger partial charge in [0.25, 0.3) is 0 Å². The van der Waals surface area contributed by atoms with Crippen molar-refractivity contribution in [3.8, 4) is 0 Å². The fourth-order valence-electron chi connectivity index (χ4n) is 2.64. The Morgan fingerprint density at radius 3 is 2.31 bits per heavy atom. The average molecular weight is 218 g/mol. The number of ether oxygens (including phenoxy) is 1. The van der Waals surface area contributed by atoms with E-state index in [4.69, 9.17) is 4.74 Å². The van der Waals surface area contributed by atoms with Gasteiger partial charge in [0, 0.05) is 0 Å². The summed E-state index contributed by atoms with van der Waals surface area (Å²) in [5.41, 5.74) is 1.88. The van der Waals surface area contributed by atoms with E-state index in [0.717, 1.165) is 6.61 Å². The molecule has 0 radical (unpaired) electrons. The summed E-state index contributed by atoms with van der Waals surface area (Å²) in [4.78, 5) is 0. The first-order valence-electron chi connectivity index (χ1n) is 6.43. The smallest absolute Gasteiger partial charge is 0.0720 e. The molecule has 16 heavy (non-hydrogen) atoms. The van der Waals surface area contributed by atoms with Crippen molar-refractivity contribution < 1.29 is 4.74 Å². The second kappa shape index (κ2) is 5.01. The normalized spacial score (nSPS) is 19.4. The van der Waals surface area contributed by atoms with E-state index in [9.17, 15) is 0 Å². The van der Waals surface area contributed by atoms with Crippen LogP contribution in [0.1, 0.15) is 45.1 Å². The molecule has 1 aromatic rings. The van der Waals surface area contributed by atoms with Crippen molar-refractivity contribution in [3.63, 3.8) is 0 Å². The van der Waals surface area contributed by atoms with Crippen molar-refractivity contribution >= 4 is 0 Å². The standard InChI is InChI=1S/C15H22O/c1-3-15(4-2)10-14(11-15)16-12-13-8-6-5-7-9-13/h5-9,14H,3-4,10-12H2,1-2H3. The first-order chi connectivity index (χ1) is 7.78. The van der Waals surface area contributed by atoms with Crippen LogP contribution in [-0.4, -0.2) is 6.10 Å². The van der Waals surface area contributed by atoms with Crippen molar-refractivity contribution in [2.75, 3.05) is 0 Å². The molecule has 0 amide bonds. The monoisotopic (exact) mass is 218 g/mol. The third-order valence-corrected chi connectivity index (χ3v) is 4.15. The molecule has 0 spiro atoms. The minimum Gasteiger partial charge on any atom is -0.374 e. The van der Waals surface area contributed by atoms with Gasteiger partial charge in [-0.05, 0) is 23.8 Å². The quantitative estimate of drug-likeness (QED) is 0.720. The molecule has 2 rings (SSSR count). The highest BCUT2D eigenvalue weighted by Gasteiger charge is 2.41. The van der Waals surface area contributed by atoms with Gasteiger partial charge in [-0.3, -0.25) is 0 Å². The highest BCUT2D eigenvalue weighted by Crippen LogP contribution is 2.48. The van der Waals surface area contributed by atoms with Crippen molar-refractivity contribution in [1.29, 1.82) is 0 Å². The van der Waals surface area contributed by atoms with Gasteiger partial charge < -0.3 is 4.74 Å². The fraction of sp³-hybridized carbons (Fsp3) is 0.600. The predicted molar refractivity (Wildman–Crippen MR) is 67.3 cm³/mol. The zero-order valence-electron chi connectivity index (χ0n) is 10.4. The predicted octanol–water partition coefficient (Wildman–Crippen LogP) is 4.17. The molecule has 1 nitrogen and oxygen atoms in total. The van der Waals surface area contributed by atoms with Gasteiger partial charge in [0.2, 0.25) is 0 Å². The van der Waals surface area contributed by atoms with Crippen LogP contribution >= 0.6 is 0 Å². The van der Waals surface area contributed by atoms with E-state index in [2.05, 4.69) is 38.1 Å². The van der Waals surface area contributed by atoms with Gasteiger partial charge in [-0.1, -0.05) is 57.0 Å². The van der Waals surface area contributed by atoms with Crippen LogP contribution in [0.25, 0.3) is 0 Å². The van der Waals surface area contributed by atoms with Gasteiger partial charge in [-0.2, -0.15) is 0 Å². The van der Waals surface area contributed by atoms with E-state index in [-0.39, 0.29) is 0 Å². The molecule has 1 fully saturated rings. The molecule has 0 N–H and O–H groups in total. The minimum atomic E-state index is 0.500. The van der Waals surface area contributed by atoms with Crippen molar-refractivity contribution in [1.82, 2.24) is 0 Å². The molecule has 1 heteroatoms. The van der Waals surface area contributed by atoms with Crippen LogP contribution < -0.4 is 0 Å². The Morgan fingerprint density at radius 2 is 1.75 bits per heavy atom. The first kappa shape index (κ1) is 11.7. The molecular weight excluding hydrogens is 196 g/mol. The molecule has 0 saturated heterocycles. The minimum absolute atomic E-state index is 0.500. The molecule has 0 atom stereocenters. The maximum atomic E-state index is 5.92.